The van der Waals surface area contributed by atoms with E-state index in [1.165, 1.54) is 77.0 Å². The van der Waals surface area contributed by atoms with Gasteiger partial charge in [-0.15, -0.1) is 0 Å². The molecule has 0 spiro atoms. The third kappa shape index (κ3) is 17.3. The minimum atomic E-state index is 0.00687. The first kappa shape index (κ1) is 21.3. The minimum absolute atomic E-state index is 0.00687. The molecule has 0 rings (SSSR count). The van der Waals surface area contributed by atoms with E-state index in [9.17, 15) is 4.79 Å². The third-order valence-electron chi connectivity index (χ3n) is 4.13. The number of carbonyl (C=O) groups excluding carboxylic acids is 1. The van der Waals surface area contributed by atoms with Gasteiger partial charge < -0.3 is 10.6 Å². The van der Waals surface area contributed by atoms with E-state index in [1.54, 1.807) is 0 Å². The number of rotatable bonds is 16. The second-order valence-electron chi connectivity index (χ2n) is 6.43. The molecule has 3 heteroatoms. The number of hydrogen-bond acceptors (Lipinski definition) is 1. The lowest BCUT2D eigenvalue weighted by atomic mass is 10.1. The normalized spacial score (nSPS) is 10.6. The first-order chi connectivity index (χ1) is 10.8. The predicted molar refractivity (Wildman–Crippen MR) is 97.4 cm³/mol. The van der Waals surface area contributed by atoms with E-state index in [0.717, 1.165) is 25.9 Å². The molecule has 0 aromatic carbocycles. The van der Waals surface area contributed by atoms with Crippen molar-refractivity contribution in [2.75, 3.05) is 13.1 Å². The molecule has 0 aliphatic heterocycles. The maximum absolute atomic E-state index is 11.5. The Bertz CT molecular complexity index is 231. The second kappa shape index (κ2) is 18.3. The molecular weight excluding hydrogens is 272 g/mol. The van der Waals surface area contributed by atoms with E-state index in [1.807, 2.05) is 0 Å². The van der Waals surface area contributed by atoms with E-state index >= 15 is 0 Å². The molecular formula is C19H40N2O. The molecule has 0 fully saturated rings. The molecule has 0 aromatic heterocycles. The predicted octanol–water partition coefficient (Wildman–Crippen LogP) is 5.79. The molecule has 2 N–H and O–H groups in total. The van der Waals surface area contributed by atoms with Gasteiger partial charge in [-0.05, 0) is 12.8 Å². The Hall–Kier alpha value is -0.730. The van der Waals surface area contributed by atoms with Crippen LogP contribution in [0.15, 0.2) is 0 Å². The van der Waals surface area contributed by atoms with Gasteiger partial charge in [-0.25, -0.2) is 4.79 Å². The summed E-state index contributed by atoms with van der Waals surface area (Å²) in [6.45, 7) is 6.09. The van der Waals surface area contributed by atoms with Crippen LogP contribution >= 0.6 is 0 Å². The van der Waals surface area contributed by atoms with Gasteiger partial charge in [0, 0.05) is 13.1 Å². The summed E-state index contributed by atoms with van der Waals surface area (Å²) in [6.07, 6.45) is 18.2. The maximum Gasteiger partial charge on any atom is 0.314 e. The van der Waals surface area contributed by atoms with Crippen molar-refractivity contribution in [1.29, 1.82) is 0 Å². The van der Waals surface area contributed by atoms with Crippen LogP contribution < -0.4 is 10.6 Å². The van der Waals surface area contributed by atoms with Gasteiger partial charge >= 0.3 is 6.03 Å². The molecule has 3 nitrogen and oxygen atoms in total. The highest BCUT2D eigenvalue weighted by molar-refractivity contribution is 5.73. The third-order valence-corrected chi connectivity index (χ3v) is 4.13. The first-order valence-electron chi connectivity index (χ1n) is 9.83. The van der Waals surface area contributed by atoms with Crippen molar-refractivity contribution in [1.82, 2.24) is 10.6 Å². The quantitative estimate of drug-likeness (QED) is 0.348. The van der Waals surface area contributed by atoms with Crippen LogP contribution in [0.3, 0.4) is 0 Å². The molecule has 2 amide bonds. The zero-order valence-electron chi connectivity index (χ0n) is 15.2. The highest BCUT2D eigenvalue weighted by Gasteiger charge is 1.98. The van der Waals surface area contributed by atoms with Crippen LogP contribution in [0.2, 0.25) is 0 Å². The van der Waals surface area contributed by atoms with Gasteiger partial charge in [0.05, 0.1) is 0 Å². The lowest BCUT2D eigenvalue weighted by Gasteiger charge is -2.07. The van der Waals surface area contributed by atoms with Crippen LogP contribution in [0.1, 0.15) is 104 Å². The summed E-state index contributed by atoms with van der Waals surface area (Å²) in [7, 11) is 0. The standard InChI is InChI=1S/C19H40N2O/c1-3-5-7-9-10-11-12-13-14-16-18-21-19(22)20-17-15-8-6-4-2/h3-18H2,1-2H3,(H2,20,21,22). The molecule has 132 valence electrons. The molecule has 22 heavy (non-hydrogen) atoms. The number of nitrogens with one attached hydrogen (secondary N) is 2. The highest BCUT2D eigenvalue weighted by atomic mass is 16.2. The number of urea groups is 1. The van der Waals surface area contributed by atoms with Gasteiger partial charge in [-0.1, -0.05) is 90.9 Å². The van der Waals surface area contributed by atoms with Gasteiger partial charge in [0.2, 0.25) is 0 Å². The summed E-state index contributed by atoms with van der Waals surface area (Å²) in [4.78, 5) is 11.5. The Morgan fingerprint density at radius 1 is 0.545 bits per heavy atom. The highest BCUT2D eigenvalue weighted by Crippen LogP contribution is 2.10. The van der Waals surface area contributed by atoms with Crippen molar-refractivity contribution < 1.29 is 4.79 Å². The molecule has 0 bridgehead atoms. The molecule has 0 saturated carbocycles. The monoisotopic (exact) mass is 312 g/mol. The number of hydrogen-bond donors (Lipinski definition) is 2. The first-order valence-corrected chi connectivity index (χ1v) is 9.83. The van der Waals surface area contributed by atoms with Crippen molar-refractivity contribution in [3.63, 3.8) is 0 Å². The smallest absolute Gasteiger partial charge is 0.314 e. The van der Waals surface area contributed by atoms with Crippen LogP contribution in [0.4, 0.5) is 4.79 Å². The van der Waals surface area contributed by atoms with Gasteiger partial charge in [0.25, 0.3) is 0 Å². The van der Waals surface area contributed by atoms with E-state index < -0.39 is 0 Å². The van der Waals surface area contributed by atoms with Gasteiger partial charge in [0.15, 0.2) is 0 Å². The zero-order chi connectivity index (χ0) is 16.3. The molecule has 0 saturated heterocycles. The summed E-state index contributed by atoms with van der Waals surface area (Å²) in [6, 6.07) is 0.00687. The zero-order valence-corrected chi connectivity index (χ0v) is 15.2. The lowest BCUT2D eigenvalue weighted by Crippen LogP contribution is -2.36. The van der Waals surface area contributed by atoms with Crippen molar-refractivity contribution >= 4 is 6.03 Å². The molecule has 0 aromatic rings. The van der Waals surface area contributed by atoms with Crippen molar-refractivity contribution in [3.05, 3.63) is 0 Å². The fraction of sp³-hybridized carbons (Fsp3) is 0.947. The lowest BCUT2D eigenvalue weighted by molar-refractivity contribution is 0.240. The second-order valence-corrected chi connectivity index (χ2v) is 6.43. The summed E-state index contributed by atoms with van der Waals surface area (Å²) in [5, 5.41) is 5.88. The Labute approximate surface area is 139 Å². The molecule has 0 atom stereocenters. The topological polar surface area (TPSA) is 41.1 Å². The summed E-state index contributed by atoms with van der Waals surface area (Å²) >= 11 is 0. The Morgan fingerprint density at radius 3 is 1.27 bits per heavy atom. The van der Waals surface area contributed by atoms with E-state index in [-0.39, 0.29) is 6.03 Å². The minimum Gasteiger partial charge on any atom is -0.338 e. The van der Waals surface area contributed by atoms with Gasteiger partial charge in [0.1, 0.15) is 0 Å². The Kier molecular flexibility index (Phi) is 17.7. The van der Waals surface area contributed by atoms with Crippen LogP contribution in [-0.2, 0) is 0 Å². The molecule has 0 aliphatic carbocycles. The molecule has 0 radical (unpaired) electrons. The number of unbranched alkanes of at least 4 members (excludes halogenated alkanes) is 12. The van der Waals surface area contributed by atoms with Crippen LogP contribution in [0, 0.1) is 0 Å². The van der Waals surface area contributed by atoms with Crippen molar-refractivity contribution in [3.8, 4) is 0 Å². The van der Waals surface area contributed by atoms with E-state index in [0.29, 0.717) is 0 Å². The van der Waals surface area contributed by atoms with Crippen LogP contribution in [0.5, 0.6) is 0 Å². The fourth-order valence-electron chi connectivity index (χ4n) is 2.63. The van der Waals surface area contributed by atoms with E-state index in [2.05, 4.69) is 24.5 Å². The van der Waals surface area contributed by atoms with Crippen LogP contribution in [0.25, 0.3) is 0 Å². The largest absolute Gasteiger partial charge is 0.338 e. The molecule has 0 aliphatic rings. The van der Waals surface area contributed by atoms with Crippen molar-refractivity contribution in [2.45, 2.75) is 104 Å². The summed E-state index contributed by atoms with van der Waals surface area (Å²) in [5.41, 5.74) is 0. The van der Waals surface area contributed by atoms with Gasteiger partial charge in [-0.3, -0.25) is 0 Å². The average Bonchev–Trinajstić information content (AvgIpc) is 2.52. The van der Waals surface area contributed by atoms with E-state index in [4.69, 9.17) is 0 Å². The fourth-order valence-corrected chi connectivity index (χ4v) is 2.63. The van der Waals surface area contributed by atoms with Gasteiger partial charge in [-0.2, -0.15) is 0 Å². The summed E-state index contributed by atoms with van der Waals surface area (Å²) in [5.74, 6) is 0. The maximum atomic E-state index is 11.5. The molecule has 0 heterocycles. The Morgan fingerprint density at radius 2 is 0.864 bits per heavy atom. The SMILES string of the molecule is CCCCCCCCCCCCNC(=O)NCCCCCC. The number of carbonyl (C=O) groups is 1. The summed E-state index contributed by atoms with van der Waals surface area (Å²) < 4.78 is 0. The van der Waals surface area contributed by atoms with Crippen molar-refractivity contribution in [2.24, 2.45) is 0 Å². The van der Waals surface area contributed by atoms with Crippen LogP contribution in [-0.4, -0.2) is 19.1 Å². The Balaban J connectivity index is 3.10. The number of amides is 2. The molecule has 0 unspecified atom stereocenters. The average molecular weight is 313 g/mol.